The van der Waals surface area contributed by atoms with Crippen LogP contribution in [0.5, 0.6) is 0 Å². The molecule has 1 atom stereocenters. The molecule has 4 rings (SSSR count). The van der Waals surface area contributed by atoms with E-state index in [2.05, 4.69) is 108 Å². The number of hydrogen-bond donors (Lipinski definition) is 0. The van der Waals surface area contributed by atoms with Gasteiger partial charge >= 0.3 is 17.1 Å². The SMILES string of the molecule is CC(C)(C)c1cc(C(P)(c2cnccn2)c2cnccn2)c(CP(C(C)(C)C)C(C)(C)C)[c-]1C(C)(C)C.[Fe+2].c1cc[cH-]c1. The van der Waals surface area contributed by atoms with Crippen LogP contribution in [0.25, 0.3) is 0 Å². The number of aromatic nitrogens is 4. The second kappa shape index (κ2) is 14.1. The molecule has 0 radical (unpaired) electrons. The van der Waals surface area contributed by atoms with Gasteiger partial charge in [0, 0.05) is 42.3 Å². The molecule has 0 saturated heterocycles. The standard InChI is InChI=1S/C31H47N4P2.C5H5.Fe/c1-27(2,3)23-17-22(31(36,24-18-32-13-15-34-24)25-19-33-14-16-35-25)21(26(23)28(4,5)6)20-37(29(7,8)9)30(10,11)12;1-2-4-5-3-1;/h13-19H,20,36H2,1-12H3;1-5H;/q2*-1;+2. The Morgan fingerprint density at radius 2 is 1.21 bits per heavy atom. The molecule has 234 valence electrons. The van der Waals surface area contributed by atoms with Crippen molar-refractivity contribution in [3.8, 4) is 0 Å². The molecule has 0 fully saturated rings. The predicted octanol–water partition coefficient (Wildman–Crippen LogP) is 9.73. The van der Waals surface area contributed by atoms with E-state index >= 15 is 0 Å². The molecule has 43 heavy (non-hydrogen) atoms. The van der Waals surface area contributed by atoms with Crippen molar-refractivity contribution in [2.24, 2.45) is 0 Å². The summed E-state index contributed by atoms with van der Waals surface area (Å²) in [4.78, 5) is 18.6. The van der Waals surface area contributed by atoms with Crippen LogP contribution in [-0.4, -0.2) is 30.2 Å². The molecule has 0 aliphatic heterocycles. The Balaban J connectivity index is 0.000000973. The van der Waals surface area contributed by atoms with Crippen LogP contribution in [0.1, 0.15) is 117 Å². The molecule has 0 aliphatic rings. The summed E-state index contributed by atoms with van der Waals surface area (Å²) >= 11 is 0. The monoisotopic (exact) mass is 658 g/mol. The van der Waals surface area contributed by atoms with E-state index in [0.717, 1.165) is 17.5 Å². The average Bonchev–Trinajstić information content (AvgIpc) is 3.58. The van der Waals surface area contributed by atoms with E-state index in [9.17, 15) is 0 Å². The Kier molecular flexibility index (Phi) is 12.3. The molecule has 1 unspecified atom stereocenters. The van der Waals surface area contributed by atoms with Gasteiger partial charge in [0.2, 0.25) is 0 Å². The van der Waals surface area contributed by atoms with Gasteiger partial charge in [0.05, 0.1) is 11.4 Å². The van der Waals surface area contributed by atoms with E-state index in [-0.39, 0.29) is 46.1 Å². The van der Waals surface area contributed by atoms with Crippen molar-refractivity contribution in [1.82, 2.24) is 19.9 Å². The summed E-state index contributed by atoms with van der Waals surface area (Å²) in [5.41, 5.74) is 7.26. The normalized spacial score (nSPS) is 12.9. The van der Waals surface area contributed by atoms with Gasteiger partial charge in [-0.15, -0.1) is 14.8 Å². The van der Waals surface area contributed by atoms with Crippen LogP contribution in [-0.2, 0) is 39.2 Å². The number of rotatable bonds is 5. The van der Waals surface area contributed by atoms with E-state index in [1.807, 2.05) is 42.7 Å². The Bertz CT molecular complexity index is 1320. The quantitative estimate of drug-likeness (QED) is 0.122. The van der Waals surface area contributed by atoms with Crippen molar-refractivity contribution >= 4 is 17.2 Å². The molecule has 0 amide bonds. The number of hydrogen-bond acceptors (Lipinski definition) is 4. The van der Waals surface area contributed by atoms with Gasteiger partial charge in [-0.25, -0.2) is 18.2 Å². The van der Waals surface area contributed by atoms with Crippen LogP contribution < -0.4 is 0 Å². The fraction of sp³-hybridized carbons (Fsp3) is 0.500. The maximum absolute atomic E-state index is 4.84. The van der Waals surface area contributed by atoms with E-state index in [1.54, 1.807) is 24.8 Å². The Morgan fingerprint density at radius 1 is 0.744 bits per heavy atom. The van der Waals surface area contributed by atoms with Crippen LogP contribution in [0.15, 0.2) is 73.6 Å². The minimum absolute atomic E-state index is 0. The summed E-state index contributed by atoms with van der Waals surface area (Å²) in [5.74, 6) is 0. The van der Waals surface area contributed by atoms with Gasteiger partial charge in [-0.05, 0) is 21.9 Å². The average molecular weight is 659 g/mol. The maximum Gasteiger partial charge on any atom is 2.00 e. The zero-order chi connectivity index (χ0) is 31.6. The second-order valence-electron chi connectivity index (χ2n) is 15.2. The third kappa shape index (κ3) is 8.92. The van der Waals surface area contributed by atoms with Crippen molar-refractivity contribution in [3.05, 3.63) is 107 Å². The van der Waals surface area contributed by atoms with E-state index in [4.69, 9.17) is 9.97 Å². The molecule has 2 aromatic carbocycles. The zero-order valence-corrected chi connectivity index (χ0v) is 31.5. The Morgan fingerprint density at radius 3 is 1.51 bits per heavy atom. The number of nitrogens with zero attached hydrogens (tertiary/aromatic N) is 4. The third-order valence-corrected chi connectivity index (χ3v) is 12.4. The first-order valence-electron chi connectivity index (χ1n) is 14.9. The van der Waals surface area contributed by atoms with Gasteiger partial charge in [-0.2, -0.15) is 34.9 Å². The molecule has 2 heterocycles. The van der Waals surface area contributed by atoms with Crippen LogP contribution in [0, 0.1) is 0 Å². The molecule has 4 aromatic rings. The molecular weight excluding hydrogens is 606 g/mol. The first-order valence-corrected chi connectivity index (χ1v) is 17.0. The molecule has 2 aromatic heterocycles. The fourth-order valence-electron chi connectivity index (χ4n) is 5.94. The molecule has 0 spiro atoms. The van der Waals surface area contributed by atoms with Crippen molar-refractivity contribution in [2.75, 3.05) is 0 Å². The largest absolute Gasteiger partial charge is 2.00 e. The van der Waals surface area contributed by atoms with Crippen molar-refractivity contribution in [2.45, 2.75) is 116 Å². The van der Waals surface area contributed by atoms with Crippen LogP contribution in [0.4, 0.5) is 0 Å². The topological polar surface area (TPSA) is 51.6 Å². The molecule has 7 heteroatoms. The summed E-state index contributed by atoms with van der Waals surface area (Å²) in [6.07, 6.45) is 11.8. The third-order valence-electron chi connectivity index (χ3n) is 7.59. The van der Waals surface area contributed by atoms with Crippen molar-refractivity contribution in [1.29, 1.82) is 0 Å². The molecule has 0 bridgehead atoms. The van der Waals surface area contributed by atoms with Crippen molar-refractivity contribution < 1.29 is 17.1 Å². The summed E-state index contributed by atoms with van der Waals surface area (Å²) < 4.78 is 0. The van der Waals surface area contributed by atoms with Gasteiger partial charge in [-0.1, -0.05) is 96.4 Å². The van der Waals surface area contributed by atoms with Gasteiger partial charge in [-0.3, -0.25) is 19.9 Å². The van der Waals surface area contributed by atoms with Crippen LogP contribution in [0.3, 0.4) is 0 Å². The minimum atomic E-state index is -0.669. The first kappa shape index (κ1) is 37.4. The zero-order valence-electron chi connectivity index (χ0n) is 28.3. The summed E-state index contributed by atoms with van der Waals surface area (Å²) in [7, 11) is 2.75. The Labute approximate surface area is 275 Å². The van der Waals surface area contributed by atoms with E-state index in [0.29, 0.717) is 0 Å². The van der Waals surface area contributed by atoms with Crippen LogP contribution in [0.2, 0.25) is 0 Å². The van der Waals surface area contributed by atoms with E-state index < -0.39 is 5.16 Å². The second-order valence-corrected chi connectivity index (χ2v) is 19.9. The molecule has 0 aliphatic carbocycles. The molecule has 4 nitrogen and oxygen atoms in total. The predicted molar refractivity (Wildman–Crippen MR) is 185 cm³/mol. The van der Waals surface area contributed by atoms with Gasteiger partial charge in [0.25, 0.3) is 0 Å². The summed E-state index contributed by atoms with van der Waals surface area (Å²) in [5, 5.41) is -0.276. The smallest absolute Gasteiger partial charge is 0.261 e. The molecule has 0 saturated carbocycles. The van der Waals surface area contributed by atoms with E-state index in [1.165, 1.54) is 22.3 Å². The summed E-state index contributed by atoms with van der Waals surface area (Å²) in [6.45, 7) is 28.5. The Hall–Kier alpha value is -1.76. The van der Waals surface area contributed by atoms with Crippen LogP contribution >= 0.6 is 17.2 Å². The van der Waals surface area contributed by atoms with Crippen molar-refractivity contribution in [3.63, 3.8) is 0 Å². The molecular formula is C36H52FeN4P2. The minimum Gasteiger partial charge on any atom is -0.261 e. The summed E-state index contributed by atoms with van der Waals surface area (Å²) in [6, 6.07) is 12.4. The van der Waals surface area contributed by atoms with Gasteiger partial charge in [0.15, 0.2) is 0 Å². The maximum atomic E-state index is 4.84. The van der Waals surface area contributed by atoms with Gasteiger partial charge in [0.1, 0.15) is 0 Å². The first-order chi connectivity index (χ1) is 19.3. The van der Waals surface area contributed by atoms with Gasteiger partial charge < -0.3 is 0 Å². The fourth-order valence-corrected chi connectivity index (χ4v) is 10.1. The molecule has 0 N–H and O–H groups in total.